The van der Waals surface area contributed by atoms with Gasteiger partial charge in [-0.15, -0.1) is 20.4 Å². The number of hydrogen-bond donors (Lipinski definition) is 1. The molecule has 2 aromatic heterocycles. The van der Waals surface area contributed by atoms with Crippen molar-refractivity contribution in [2.45, 2.75) is 40.2 Å². The average Bonchev–Trinajstić information content (AvgIpc) is 2.93. The summed E-state index contributed by atoms with van der Waals surface area (Å²) in [6, 6.07) is 1.91. The van der Waals surface area contributed by atoms with Crippen LogP contribution < -0.4 is 5.56 Å². The molecule has 0 spiro atoms. The quantitative estimate of drug-likeness (QED) is 0.621. The van der Waals surface area contributed by atoms with E-state index >= 15 is 0 Å². The zero-order chi connectivity index (χ0) is 17.0. The minimum absolute atomic E-state index is 0. The normalized spacial score (nSPS) is 10.6. The topological polar surface area (TPSA) is 117 Å². The van der Waals surface area contributed by atoms with E-state index in [1.165, 1.54) is 11.3 Å². The van der Waals surface area contributed by atoms with Crippen molar-refractivity contribution in [2.24, 2.45) is 10.2 Å². The van der Waals surface area contributed by atoms with E-state index in [1.54, 1.807) is 13.8 Å². The first-order valence-electron chi connectivity index (χ1n) is 7.07. The average molecular weight is 391 g/mol. The van der Waals surface area contributed by atoms with Crippen molar-refractivity contribution < 1.29 is 21.6 Å². The number of aromatic hydroxyl groups is 1. The van der Waals surface area contributed by atoms with Gasteiger partial charge in [0.2, 0.25) is 5.88 Å². The molecule has 8 nitrogen and oxygen atoms in total. The fourth-order valence-corrected chi connectivity index (χ4v) is 2.51. The first-order chi connectivity index (χ1) is 11.0. The summed E-state index contributed by atoms with van der Waals surface area (Å²) in [5, 5.41) is 35.9. The van der Waals surface area contributed by atoms with Crippen molar-refractivity contribution in [2.75, 3.05) is 0 Å². The molecule has 0 bridgehead atoms. The molecule has 0 radical (unpaired) electrons. The van der Waals surface area contributed by atoms with Gasteiger partial charge in [-0.2, -0.15) is 5.26 Å². The predicted molar refractivity (Wildman–Crippen MR) is 85.5 cm³/mol. The third-order valence-corrected chi connectivity index (χ3v) is 3.98. The fourth-order valence-electron chi connectivity index (χ4n) is 2.00. The van der Waals surface area contributed by atoms with E-state index in [4.69, 9.17) is 0 Å². The third kappa shape index (κ3) is 4.05. The molecule has 24 heavy (non-hydrogen) atoms. The van der Waals surface area contributed by atoms with Gasteiger partial charge in [0.25, 0.3) is 10.7 Å². The second kappa shape index (κ2) is 8.66. The van der Waals surface area contributed by atoms with Crippen LogP contribution in [-0.4, -0.2) is 19.9 Å². The van der Waals surface area contributed by atoms with Crippen LogP contribution in [-0.2, 0) is 23.0 Å². The molecule has 0 atom stereocenters. The first kappa shape index (κ1) is 19.9. The van der Waals surface area contributed by atoms with Crippen LogP contribution in [0, 0.1) is 25.2 Å². The van der Waals surface area contributed by atoms with Crippen molar-refractivity contribution in [3.63, 3.8) is 0 Å². The fraction of sp³-hybridized carbons (Fsp3) is 0.429. The smallest absolute Gasteiger partial charge is 0.493 e. The minimum atomic E-state index is -0.475. The summed E-state index contributed by atoms with van der Waals surface area (Å²) < 4.78 is 1.16. The van der Waals surface area contributed by atoms with Crippen LogP contribution in [0.5, 0.6) is 5.88 Å². The monoisotopic (exact) mass is 390 g/mol. The van der Waals surface area contributed by atoms with E-state index < -0.39 is 5.56 Å². The number of aryl methyl sites for hydroxylation is 1. The summed E-state index contributed by atoms with van der Waals surface area (Å²) in [6.07, 6.45) is 1.55. The molecule has 2 rings (SSSR count). The summed E-state index contributed by atoms with van der Waals surface area (Å²) in [5.41, 5.74) is -0.114. The third-order valence-electron chi connectivity index (χ3n) is 3.26. The van der Waals surface area contributed by atoms with Gasteiger partial charge in [0.1, 0.15) is 16.6 Å². The van der Waals surface area contributed by atoms with Gasteiger partial charge in [-0.25, -0.2) is 0 Å². The molecule has 0 amide bonds. The standard InChI is InChI=1S/C14H16N6O2S.Ni/c1-4-5-6-20-12(21)10(7-15)8(2)11(13(20)22)17-19-14-18-16-9(3)23-14;/h21H,4-6H2,1-3H3;/q;+2. The Kier molecular flexibility index (Phi) is 7.20. The molecule has 2 aromatic rings. The number of aromatic nitrogens is 3. The number of nitrogens with zero attached hydrogens (tertiary/aromatic N) is 6. The van der Waals surface area contributed by atoms with E-state index in [0.717, 1.165) is 16.0 Å². The van der Waals surface area contributed by atoms with Crippen LogP contribution in [0.4, 0.5) is 10.8 Å². The van der Waals surface area contributed by atoms with Gasteiger partial charge in [0.15, 0.2) is 5.69 Å². The number of rotatable bonds is 5. The molecule has 0 fully saturated rings. The van der Waals surface area contributed by atoms with Gasteiger partial charge in [0, 0.05) is 12.1 Å². The van der Waals surface area contributed by atoms with Crippen molar-refractivity contribution in [3.8, 4) is 11.9 Å². The van der Waals surface area contributed by atoms with Crippen molar-refractivity contribution in [1.29, 1.82) is 5.26 Å². The van der Waals surface area contributed by atoms with Crippen LogP contribution in [0.25, 0.3) is 0 Å². The van der Waals surface area contributed by atoms with Gasteiger partial charge < -0.3 is 5.11 Å². The number of pyridine rings is 1. The summed E-state index contributed by atoms with van der Waals surface area (Å²) in [6.45, 7) is 5.63. The number of unbranched alkanes of at least 4 members (excludes halogenated alkanes) is 1. The van der Waals surface area contributed by atoms with E-state index in [-0.39, 0.29) is 33.6 Å². The zero-order valence-corrected chi connectivity index (χ0v) is 15.2. The van der Waals surface area contributed by atoms with Gasteiger partial charge in [0.05, 0.1) is 0 Å². The Bertz CT molecular complexity index is 852. The van der Waals surface area contributed by atoms with Crippen molar-refractivity contribution in [1.82, 2.24) is 14.8 Å². The molecule has 0 saturated carbocycles. The minimum Gasteiger partial charge on any atom is -0.493 e. The maximum Gasteiger partial charge on any atom is 2.00 e. The van der Waals surface area contributed by atoms with Crippen LogP contribution >= 0.6 is 11.3 Å². The Morgan fingerprint density at radius 3 is 2.58 bits per heavy atom. The molecular formula is C14H16N6NiO2S+2. The molecular weight excluding hydrogens is 375 g/mol. The Balaban J connectivity index is 0.00000288. The SMILES string of the molecule is CCCCn1c(O)c(C#N)c(C)c(N=Nc2nnc(C)s2)c1=O.[Ni+2]. The van der Waals surface area contributed by atoms with Crippen LogP contribution in [0.15, 0.2) is 15.0 Å². The second-order valence-electron chi connectivity index (χ2n) is 4.90. The van der Waals surface area contributed by atoms with Crippen LogP contribution in [0.3, 0.4) is 0 Å². The van der Waals surface area contributed by atoms with E-state index in [9.17, 15) is 15.2 Å². The van der Waals surface area contributed by atoms with Crippen LogP contribution in [0.2, 0.25) is 0 Å². The molecule has 0 saturated heterocycles. The zero-order valence-electron chi connectivity index (χ0n) is 13.4. The Hall–Kier alpha value is -2.11. The summed E-state index contributed by atoms with van der Waals surface area (Å²) in [7, 11) is 0. The molecule has 1 N–H and O–H groups in total. The van der Waals surface area contributed by atoms with E-state index in [2.05, 4.69) is 20.4 Å². The van der Waals surface area contributed by atoms with Gasteiger partial charge in [-0.3, -0.25) is 9.36 Å². The Morgan fingerprint density at radius 2 is 2.04 bits per heavy atom. The molecule has 0 aliphatic rings. The van der Waals surface area contributed by atoms with E-state index in [1.807, 2.05) is 13.0 Å². The molecule has 0 aliphatic heterocycles. The molecule has 2 heterocycles. The first-order valence-corrected chi connectivity index (χ1v) is 7.89. The molecule has 10 heteroatoms. The number of azo groups is 1. The van der Waals surface area contributed by atoms with Gasteiger partial charge in [-0.1, -0.05) is 24.7 Å². The maximum atomic E-state index is 12.5. The maximum absolute atomic E-state index is 12.5. The molecule has 128 valence electrons. The molecule has 0 aliphatic carbocycles. The Labute approximate surface area is 152 Å². The van der Waals surface area contributed by atoms with E-state index in [0.29, 0.717) is 23.7 Å². The van der Waals surface area contributed by atoms with Gasteiger partial charge >= 0.3 is 16.5 Å². The van der Waals surface area contributed by atoms with Crippen molar-refractivity contribution >= 4 is 22.2 Å². The summed E-state index contributed by atoms with van der Waals surface area (Å²) in [4.78, 5) is 12.5. The van der Waals surface area contributed by atoms with Crippen LogP contribution in [0.1, 0.15) is 35.9 Å². The predicted octanol–water partition coefficient (Wildman–Crippen LogP) is 3.11. The second-order valence-corrected chi connectivity index (χ2v) is 6.06. The number of nitriles is 1. The summed E-state index contributed by atoms with van der Waals surface area (Å²) >= 11 is 1.24. The largest absolute Gasteiger partial charge is 2.00 e. The molecule has 0 aromatic carbocycles. The Morgan fingerprint density at radius 1 is 1.33 bits per heavy atom. The van der Waals surface area contributed by atoms with Gasteiger partial charge in [-0.05, 0) is 20.3 Å². The van der Waals surface area contributed by atoms with Crippen molar-refractivity contribution in [3.05, 3.63) is 26.5 Å². The number of hydrogen-bond acceptors (Lipinski definition) is 8. The molecule has 0 unspecified atom stereocenters. The summed E-state index contributed by atoms with van der Waals surface area (Å²) in [5.74, 6) is -0.325.